The molecule has 1 aromatic carbocycles. The standard InChI is InChI=1S/C15H19N3O2/c1-3-17-15(19)11-6-7-13(12(16)9-11)18-10(2)14-5-4-8-20-14/h4-10,18H,3,16H2,1-2H3,(H,17,19). The molecule has 0 aliphatic rings. The molecular weight excluding hydrogens is 254 g/mol. The van der Waals surface area contributed by atoms with Crippen LogP contribution in [0, 0.1) is 0 Å². The maximum absolute atomic E-state index is 11.7. The minimum absolute atomic E-state index is 0.00242. The van der Waals surface area contributed by atoms with Crippen molar-refractivity contribution < 1.29 is 9.21 Å². The van der Waals surface area contributed by atoms with Crippen molar-refractivity contribution in [2.24, 2.45) is 0 Å². The average Bonchev–Trinajstić information content (AvgIpc) is 2.95. The highest BCUT2D eigenvalue weighted by atomic mass is 16.3. The van der Waals surface area contributed by atoms with Gasteiger partial charge in [0.05, 0.1) is 23.7 Å². The second-order valence-electron chi connectivity index (χ2n) is 4.54. The number of furan rings is 1. The SMILES string of the molecule is CCNC(=O)c1ccc(NC(C)c2ccco2)c(N)c1. The molecule has 0 radical (unpaired) electrons. The van der Waals surface area contributed by atoms with Crippen LogP contribution in [0.1, 0.15) is 36.0 Å². The van der Waals surface area contributed by atoms with E-state index in [1.807, 2.05) is 26.0 Å². The highest BCUT2D eigenvalue weighted by molar-refractivity contribution is 5.96. The number of benzene rings is 1. The fraction of sp³-hybridized carbons (Fsp3) is 0.267. The zero-order valence-electron chi connectivity index (χ0n) is 11.6. The molecule has 0 spiro atoms. The minimum Gasteiger partial charge on any atom is -0.467 e. The minimum atomic E-state index is -0.121. The molecule has 1 amide bonds. The molecule has 1 atom stereocenters. The van der Waals surface area contributed by atoms with Crippen LogP contribution in [0.3, 0.4) is 0 Å². The summed E-state index contributed by atoms with van der Waals surface area (Å²) < 4.78 is 5.33. The molecule has 1 aromatic heterocycles. The van der Waals surface area contributed by atoms with E-state index in [0.29, 0.717) is 17.8 Å². The molecule has 0 aliphatic carbocycles. The van der Waals surface area contributed by atoms with E-state index in [-0.39, 0.29) is 11.9 Å². The summed E-state index contributed by atoms with van der Waals surface area (Å²) in [6, 6.07) is 8.97. The molecule has 20 heavy (non-hydrogen) atoms. The summed E-state index contributed by atoms with van der Waals surface area (Å²) in [5.74, 6) is 0.710. The summed E-state index contributed by atoms with van der Waals surface area (Å²) in [6.45, 7) is 4.45. The number of carbonyl (C=O) groups is 1. The lowest BCUT2D eigenvalue weighted by Crippen LogP contribution is -2.22. The molecule has 1 heterocycles. The number of nitrogens with one attached hydrogen (secondary N) is 2. The Balaban J connectivity index is 2.12. The summed E-state index contributed by atoms with van der Waals surface area (Å²) in [5.41, 5.74) is 7.85. The molecule has 0 saturated carbocycles. The summed E-state index contributed by atoms with van der Waals surface area (Å²) in [5, 5.41) is 6.00. The van der Waals surface area contributed by atoms with E-state index >= 15 is 0 Å². The number of rotatable bonds is 5. The van der Waals surface area contributed by atoms with Crippen LogP contribution in [0.2, 0.25) is 0 Å². The molecule has 4 N–H and O–H groups in total. The fourth-order valence-electron chi connectivity index (χ4n) is 1.94. The van der Waals surface area contributed by atoms with Gasteiger partial charge in [0, 0.05) is 12.1 Å². The first-order valence-electron chi connectivity index (χ1n) is 6.59. The predicted octanol–water partition coefficient (Wildman–Crippen LogP) is 2.78. The van der Waals surface area contributed by atoms with Gasteiger partial charge in [-0.25, -0.2) is 0 Å². The molecule has 106 valence electrons. The average molecular weight is 273 g/mol. The van der Waals surface area contributed by atoms with Gasteiger partial charge >= 0.3 is 0 Å². The van der Waals surface area contributed by atoms with Crippen molar-refractivity contribution in [3.63, 3.8) is 0 Å². The van der Waals surface area contributed by atoms with Crippen LogP contribution in [0.5, 0.6) is 0 Å². The van der Waals surface area contributed by atoms with Crippen molar-refractivity contribution in [1.29, 1.82) is 0 Å². The Morgan fingerprint density at radius 2 is 2.20 bits per heavy atom. The smallest absolute Gasteiger partial charge is 0.251 e. The second-order valence-corrected chi connectivity index (χ2v) is 4.54. The van der Waals surface area contributed by atoms with Gasteiger partial charge in [-0.05, 0) is 44.2 Å². The first-order chi connectivity index (χ1) is 9.61. The van der Waals surface area contributed by atoms with E-state index in [1.54, 1.807) is 24.5 Å². The van der Waals surface area contributed by atoms with Crippen molar-refractivity contribution >= 4 is 17.3 Å². The van der Waals surface area contributed by atoms with Gasteiger partial charge in [0.25, 0.3) is 5.91 Å². The van der Waals surface area contributed by atoms with Gasteiger partial charge in [-0.1, -0.05) is 0 Å². The first kappa shape index (κ1) is 14.0. The van der Waals surface area contributed by atoms with Crippen LogP contribution >= 0.6 is 0 Å². The van der Waals surface area contributed by atoms with Crippen LogP contribution in [0.15, 0.2) is 41.0 Å². The lowest BCUT2D eigenvalue weighted by atomic mass is 10.1. The van der Waals surface area contributed by atoms with E-state index in [1.165, 1.54) is 0 Å². The van der Waals surface area contributed by atoms with Gasteiger partial charge in [0.1, 0.15) is 5.76 Å². The van der Waals surface area contributed by atoms with Crippen LogP contribution < -0.4 is 16.4 Å². The van der Waals surface area contributed by atoms with E-state index in [2.05, 4.69) is 10.6 Å². The van der Waals surface area contributed by atoms with Gasteiger partial charge in [0.2, 0.25) is 0 Å². The highest BCUT2D eigenvalue weighted by Crippen LogP contribution is 2.25. The molecule has 2 aromatic rings. The zero-order valence-corrected chi connectivity index (χ0v) is 11.6. The first-order valence-corrected chi connectivity index (χ1v) is 6.59. The van der Waals surface area contributed by atoms with Gasteiger partial charge in [-0.3, -0.25) is 4.79 Å². The van der Waals surface area contributed by atoms with E-state index in [9.17, 15) is 4.79 Å². The summed E-state index contributed by atoms with van der Waals surface area (Å²) in [6.07, 6.45) is 1.63. The number of hydrogen-bond acceptors (Lipinski definition) is 4. The molecule has 0 saturated heterocycles. The second kappa shape index (κ2) is 6.14. The van der Waals surface area contributed by atoms with Crippen LogP contribution in [0.4, 0.5) is 11.4 Å². The number of nitrogens with two attached hydrogens (primary N) is 1. The number of carbonyl (C=O) groups excluding carboxylic acids is 1. The van der Waals surface area contributed by atoms with Gasteiger partial charge in [0.15, 0.2) is 0 Å². The number of nitrogen functional groups attached to an aromatic ring is 1. The predicted molar refractivity (Wildman–Crippen MR) is 79.6 cm³/mol. The van der Waals surface area contributed by atoms with Gasteiger partial charge in [-0.2, -0.15) is 0 Å². The number of hydrogen-bond donors (Lipinski definition) is 3. The van der Waals surface area contributed by atoms with Crippen LogP contribution in [0.25, 0.3) is 0 Å². The third-order valence-electron chi connectivity index (χ3n) is 2.99. The molecule has 0 aliphatic heterocycles. The number of anilines is 2. The molecule has 2 rings (SSSR count). The van der Waals surface area contributed by atoms with Crippen LogP contribution in [-0.4, -0.2) is 12.5 Å². The largest absolute Gasteiger partial charge is 0.467 e. The molecular formula is C15H19N3O2. The molecule has 0 fully saturated rings. The fourth-order valence-corrected chi connectivity index (χ4v) is 1.94. The van der Waals surface area contributed by atoms with Crippen molar-refractivity contribution in [3.8, 4) is 0 Å². The summed E-state index contributed by atoms with van der Waals surface area (Å²) in [4.78, 5) is 11.7. The molecule has 0 bridgehead atoms. The van der Waals surface area contributed by atoms with Crippen molar-refractivity contribution in [2.75, 3.05) is 17.6 Å². The van der Waals surface area contributed by atoms with E-state index in [0.717, 1.165) is 11.4 Å². The normalized spacial score (nSPS) is 11.9. The number of amides is 1. The quantitative estimate of drug-likeness (QED) is 0.732. The lowest BCUT2D eigenvalue weighted by molar-refractivity contribution is 0.0956. The maximum atomic E-state index is 11.7. The lowest BCUT2D eigenvalue weighted by Gasteiger charge is -2.15. The summed E-state index contributed by atoms with van der Waals surface area (Å²) in [7, 11) is 0. The van der Waals surface area contributed by atoms with E-state index < -0.39 is 0 Å². The Morgan fingerprint density at radius 3 is 2.80 bits per heavy atom. The van der Waals surface area contributed by atoms with Gasteiger partial charge in [-0.15, -0.1) is 0 Å². The Kier molecular flexibility index (Phi) is 4.30. The highest BCUT2D eigenvalue weighted by Gasteiger charge is 2.11. The third kappa shape index (κ3) is 3.12. The Bertz CT molecular complexity index is 579. The maximum Gasteiger partial charge on any atom is 0.251 e. The zero-order chi connectivity index (χ0) is 14.5. The van der Waals surface area contributed by atoms with Gasteiger partial charge < -0.3 is 20.8 Å². The third-order valence-corrected chi connectivity index (χ3v) is 2.99. The summed E-state index contributed by atoms with van der Waals surface area (Å²) >= 11 is 0. The Morgan fingerprint density at radius 1 is 1.40 bits per heavy atom. The van der Waals surface area contributed by atoms with Crippen molar-refractivity contribution in [3.05, 3.63) is 47.9 Å². The van der Waals surface area contributed by atoms with Crippen LogP contribution in [-0.2, 0) is 0 Å². The molecule has 5 heteroatoms. The monoisotopic (exact) mass is 273 g/mol. The molecule has 1 unspecified atom stereocenters. The Hall–Kier alpha value is -2.43. The Labute approximate surface area is 118 Å². The molecule has 5 nitrogen and oxygen atoms in total. The van der Waals surface area contributed by atoms with Crippen molar-refractivity contribution in [2.45, 2.75) is 19.9 Å². The van der Waals surface area contributed by atoms with Crippen molar-refractivity contribution in [1.82, 2.24) is 5.32 Å². The topological polar surface area (TPSA) is 80.3 Å². The van der Waals surface area contributed by atoms with E-state index in [4.69, 9.17) is 10.2 Å².